The van der Waals surface area contributed by atoms with Crippen molar-refractivity contribution in [1.29, 1.82) is 0 Å². The molecule has 0 bridgehead atoms. The minimum atomic E-state index is -0.518. The molecule has 0 spiro atoms. The number of H-pyrrole nitrogens is 1. The maximum atomic E-state index is 13.3. The minimum Gasteiger partial charge on any atom is -0.352 e. The van der Waals surface area contributed by atoms with E-state index in [0.29, 0.717) is 43.4 Å². The molecule has 35 heavy (non-hydrogen) atoms. The Morgan fingerprint density at radius 3 is 2.54 bits per heavy atom. The number of halogens is 1. The van der Waals surface area contributed by atoms with Crippen LogP contribution in [0.2, 0.25) is 5.02 Å². The molecule has 0 atom stereocenters. The van der Waals surface area contributed by atoms with Crippen molar-refractivity contribution in [3.8, 4) is 0 Å². The standard InChI is InChI=1S/C26H32ClN5O3/c1-17(2)14-31-15-19(24(33)20(16-31)26(35)32-11-5-3-4-6-12-32)25(34)28-10-9-23-29-21-8-7-18(27)13-22(21)30-23/h7-8,13,15-17H,3-6,9-12,14H2,1-2H3,(H,28,34)(H,29,30). The number of carbonyl (C=O) groups is 2. The number of aromatic amines is 1. The summed E-state index contributed by atoms with van der Waals surface area (Å²) in [5.41, 5.74) is 1.16. The van der Waals surface area contributed by atoms with Gasteiger partial charge in [-0.05, 0) is 37.0 Å². The summed E-state index contributed by atoms with van der Waals surface area (Å²) in [5.74, 6) is 0.225. The van der Waals surface area contributed by atoms with Gasteiger partial charge in [0.15, 0.2) is 0 Å². The molecule has 0 radical (unpaired) electrons. The van der Waals surface area contributed by atoms with Crippen LogP contribution < -0.4 is 10.7 Å². The van der Waals surface area contributed by atoms with Crippen molar-refractivity contribution < 1.29 is 9.59 Å². The van der Waals surface area contributed by atoms with E-state index in [1.165, 1.54) is 0 Å². The zero-order valence-corrected chi connectivity index (χ0v) is 21.0. The summed E-state index contributed by atoms with van der Waals surface area (Å²) in [7, 11) is 0. The zero-order valence-electron chi connectivity index (χ0n) is 20.3. The lowest BCUT2D eigenvalue weighted by atomic mass is 10.1. The third-order valence-electron chi connectivity index (χ3n) is 6.16. The van der Waals surface area contributed by atoms with Crippen molar-refractivity contribution in [2.75, 3.05) is 19.6 Å². The van der Waals surface area contributed by atoms with Crippen molar-refractivity contribution in [3.05, 3.63) is 62.8 Å². The predicted octanol–water partition coefficient (Wildman–Crippen LogP) is 4.02. The number of aromatic nitrogens is 3. The number of benzene rings is 1. The van der Waals surface area contributed by atoms with E-state index in [4.69, 9.17) is 11.6 Å². The molecule has 3 aromatic rings. The summed E-state index contributed by atoms with van der Waals surface area (Å²) >= 11 is 6.03. The Morgan fingerprint density at radius 2 is 1.83 bits per heavy atom. The monoisotopic (exact) mass is 497 g/mol. The second-order valence-electron chi connectivity index (χ2n) is 9.56. The fraction of sp³-hybridized carbons (Fsp3) is 0.462. The van der Waals surface area contributed by atoms with E-state index in [9.17, 15) is 14.4 Å². The molecule has 2 N–H and O–H groups in total. The van der Waals surface area contributed by atoms with Crippen LogP contribution in [0.1, 0.15) is 66.1 Å². The lowest BCUT2D eigenvalue weighted by molar-refractivity contribution is 0.0759. The minimum absolute atomic E-state index is 0.0114. The summed E-state index contributed by atoms with van der Waals surface area (Å²) in [5, 5.41) is 3.44. The first-order chi connectivity index (χ1) is 16.8. The van der Waals surface area contributed by atoms with Gasteiger partial charge in [0.05, 0.1) is 11.0 Å². The van der Waals surface area contributed by atoms with Crippen LogP contribution in [0.15, 0.2) is 35.4 Å². The van der Waals surface area contributed by atoms with Gasteiger partial charge in [-0.25, -0.2) is 4.98 Å². The maximum absolute atomic E-state index is 13.3. The molecule has 2 amide bonds. The van der Waals surface area contributed by atoms with Crippen LogP contribution in [-0.4, -0.2) is 50.9 Å². The molecular formula is C26H32ClN5O3. The number of rotatable bonds is 7. The SMILES string of the molecule is CC(C)Cn1cc(C(=O)NCCc2nc3ccc(Cl)cc3[nH]2)c(=O)c(C(=O)N2CCCCCC2)c1. The van der Waals surface area contributed by atoms with Gasteiger partial charge in [0.25, 0.3) is 11.8 Å². The highest BCUT2D eigenvalue weighted by Gasteiger charge is 2.24. The normalized spacial score (nSPS) is 14.3. The van der Waals surface area contributed by atoms with Gasteiger partial charge in [-0.1, -0.05) is 38.3 Å². The molecule has 8 nitrogen and oxygen atoms in total. The fourth-order valence-electron chi connectivity index (χ4n) is 4.46. The van der Waals surface area contributed by atoms with E-state index in [2.05, 4.69) is 29.1 Å². The van der Waals surface area contributed by atoms with E-state index in [1.54, 1.807) is 34.0 Å². The van der Waals surface area contributed by atoms with Crippen molar-refractivity contribution in [2.24, 2.45) is 5.92 Å². The highest BCUT2D eigenvalue weighted by molar-refractivity contribution is 6.31. The van der Waals surface area contributed by atoms with Crippen molar-refractivity contribution in [3.63, 3.8) is 0 Å². The third-order valence-corrected chi connectivity index (χ3v) is 6.40. The highest BCUT2D eigenvalue weighted by Crippen LogP contribution is 2.17. The molecular weight excluding hydrogens is 466 g/mol. The number of hydrogen-bond donors (Lipinski definition) is 2. The lowest BCUT2D eigenvalue weighted by Gasteiger charge is -2.21. The molecule has 1 fully saturated rings. The molecule has 1 aliphatic heterocycles. The van der Waals surface area contributed by atoms with Crippen molar-refractivity contribution in [1.82, 2.24) is 24.8 Å². The maximum Gasteiger partial charge on any atom is 0.259 e. The number of nitrogens with one attached hydrogen (secondary N) is 2. The second kappa shape index (κ2) is 11.1. The predicted molar refractivity (Wildman–Crippen MR) is 137 cm³/mol. The van der Waals surface area contributed by atoms with Crippen LogP contribution in [0, 0.1) is 5.92 Å². The summed E-state index contributed by atoms with van der Waals surface area (Å²) in [6.45, 7) is 6.27. The van der Waals surface area contributed by atoms with Gasteiger partial charge in [-0.2, -0.15) is 0 Å². The highest BCUT2D eigenvalue weighted by atomic mass is 35.5. The topological polar surface area (TPSA) is 100 Å². The molecule has 1 saturated heterocycles. The van der Waals surface area contributed by atoms with Gasteiger partial charge in [0.2, 0.25) is 5.43 Å². The number of pyridine rings is 1. The average molecular weight is 498 g/mol. The fourth-order valence-corrected chi connectivity index (χ4v) is 4.63. The number of likely N-dealkylation sites (tertiary alicyclic amines) is 1. The van der Waals surface area contributed by atoms with E-state index >= 15 is 0 Å². The first-order valence-corrected chi connectivity index (χ1v) is 12.7. The summed E-state index contributed by atoms with van der Waals surface area (Å²) < 4.78 is 1.79. The Kier molecular flexibility index (Phi) is 7.90. The number of amides is 2. The third kappa shape index (κ3) is 6.11. The summed E-state index contributed by atoms with van der Waals surface area (Å²) in [4.78, 5) is 49.0. The molecule has 2 aromatic heterocycles. The van der Waals surface area contributed by atoms with E-state index in [0.717, 1.165) is 36.7 Å². The quantitative estimate of drug-likeness (QED) is 0.514. The van der Waals surface area contributed by atoms with Crippen LogP contribution in [0.3, 0.4) is 0 Å². The Labute approximate surface area is 209 Å². The number of fused-ring (bicyclic) bond motifs is 1. The molecule has 3 heterocycles. The van der Waals surface area contributed by atoms with E-state index < -0.39 is 11.3 Å². The first kappa shape index (κ1) is 25.0. The second-order valence-corrected chi connectivity index (χ2v) is 10.00. The molecule has 1 aliphatic rings. The van der Waals surface area contributed by atoms with Gasteiger partial charge in [-0.15, -0.1) is 0 Å². The van der Waals surface area contributed by atoms with Crippen LogP contribution in [0.4, 0.5) is 0 Å². The molecule has 0 unspecified atom stereocenters. The van der Waals surface area contributed by atoms with E-state index in [-0.39, 0.29) is 23.0 Å². The molecule has 1 aromatic carbocycles. The Balaban J connectivity index is 1.52. The summed E-state index contributed by atoms with van der Waals surface area (Å²) in [6, 6.07) is 5.41. The average Bonchev–Trinajstić information content (AvgIpc) is 3.01. The number of carbonyl (C=O) groups excluding carboxylic acids is 2. The largest absolute Gasteiger partial charge is 0.352 e. The van der Waals surface area contributed by atoms with Crippen LogP contribution >= 0.6 is 11.6 Å². The van der Waals surface area contributed by atoms with Crippen LogP contribution in [0.5, 0.6) is 0 Å². The Hall–Kier alpha value is -3.13. The molecule has 0 saturated carbocycles. The summed E-state index contributed by atoms with van der Waals surface area (Å²) in [6.07, 6.45) is 7.65. The van der Waals surface area contributed by atoms with Gasteiger partial charge >= 0.3 is 0 Å². The molecule has 0 aliphatic carbocycles. The smallest absolute Gasteiger partial charge is 0.259 e. The number of hydrogen-bond acceptors (Lipinski definition) is 4. The van der Waals surface area contributed by atoms with Gasteiger partial charge in [0.1, 0.15) is 17.0 Å². The van der Waals surface area contributed by atoms with Crippen LogP contribution in [0.25, 0.3) is 11.0 Å². The Morgan fingerprint density at radius 1 is 1.11 bits per heavy atom. The van der Waals surface area contributed by atoms with E-state index in [1.807, 2.05) is 6.07 Å². The van der Waals surface area contributed by atoms with Gasteiger partial charge < -0.3 is 19.8 Å². The molecule has 4 rings (SSSR count). The van der Waals surface area contributed by atoms with Crippen molar-refractivity contribution >= 4 is 34.4 Å². The number of nitrogens with zero attached hydrogens (tertiary/aromatic N) is 3. The van der Waals surface area contributed by atoms with Crippen molar-refractivity contribution in [2.45, 2.75) is 52.5 Å². The van der Waals surface area contributed by atoms with Gasteiger partial charge in [0, 0.05) is 50.0 Å². The number of imidazole rings is 1. The first-order valence-electron chi connectivity index (χ1n) is 12.3. The van der Waals surface area contributed by atoms with Crippen LogP contribution in [-0.2, 0) is 13.0 Å². The Bertz CT molecular complexity index is 1270. The molecule has 186 valence electrons. The van der Waals surface area contributed by atoms with Gasteiger partial charge in [-0.3, -0.25) is 14.4 Å². The zero-order chi connectivity index (χ0) is 24.9. The molecule has 9 heteroatoms. The lowest BCUT2D eigenvalue weighted by Crippen LogP contribution is -2.38.